The van der Waals surface area contributed by atoms with Gasteiger partial charge in [0.05, 0.1) is 12.6 Å². The summed E-state index contributed by atoms with van der Waals surface area (Å²) in [5, 5.41) is 12.2. The van der Waals surface area contributed by atoms with E-state index in [-0.39, 0.29) is 31.1 Å². The third-order valence-corrected chi connectivity index (χ3v) is 4.86. The van der Waals surface area contributed by atoms with Crippen LogP contribution in [0.5, 0.6) is 0 Å². The number of amides is 2. The Kier molecular flexibility index (Phi) is 6.44. The van der Waals surface area contributed by atoms with E-state index in [1.165, 1.54) is 0 Å². The lowest BCUT2D eigenvalue weighted by Crippen LogP contribution is -2.56. The van der Waals surface area contributed by atoms with Gasteiger partial charge >= 0.3 is 0 Å². The fourth-order valence-electron chi connectivity index (χ4n) is 3.57. The normalized spacial score (nSPS) is 19.7. The molecule has 6 heteroatoms. The highest BCUT2D eigenvalue weighted by molar-refractivity contribution is 5.86. The summed E-state index contributed by atoms with van der Waals surface area (Å²) >= 11 is 0. The molecule has 3 rings (SSSR count). The molecule has 0 aromatic heterocycles. The molecular formula is C22H26N2O4. The van der Waals surface area contributed by atoms with Crippen LogP contribution in [0.2, 0.25) is 0 Å². The van der Waals surface area contributed by atoms with Crippen LogP contribution in [0.4, 0.5) is 0 Å². The number of benzene rings is 2. The SMILES string of the molecule is CC(C)N1C(=O)CO[C@H](C(=O)NCc2cccc(CO)c2)[C@H]1c1ccccc1. The Bertz CT molecular complexity index is 822. The number of aliphatic hydroxyl groups excluding tert-OH is 1. The molecule has 0 saturated carbocycles. The van der Waals surface area contributed by atoms with Crippen LogP contribution in [0.3, 0.4) is 0 Å². The maximum absolute atomic E-state index is 13.0. The zero-order valence-corrected chi connectivity index (χ0v) is 16.2. The number of nitrogens with zero attached hydrogens (tertiary/aromatic N) is 1. The van der Waals surface area contributed by atoms with Crippen LogP contribution >= 0.6 is 0 Å². The van der Waals surface area contributed by atoms with E-state index in [2.05, 4.69) is 5.32 Å². The summed E-state index contributed by atoms with van der Waals surface area (Å²) in [7, 11) is 0. The van der Waals surface area contributed by atoms with Crippen molar-refractivity contribution in [1.82, 2.24) is 10.2 Å². The Morgan fingerprint density at radius 2 is 1.89 bits per heavy atom. The van der Waals surface area contributed by atoms with Crippen molar-refractivity contribution in [1.29, 1.82) is 0 Å². The molecule has 0 bridgehead atoms. The standard InChI is InChI=1S/C22H26N2O4/c1-15(2)24-19(26)14-28-21(20(24)18-9-4-3-5-10-18)22(27)23-12-16-7-6-8-17(11-16)13-25/h3-11,15,20-21,25H,12-14H2,1-2H3,(H,23,27)/t20-,21+/m1/s1. The molecule has 2 aromatic rings. The van der Waals surface area contributed by atoms with Crippen LogP contribution in [0.25, 0.3) is 0 Å². The third kappa shape index (κ3) is 4.40. The van der Waals surface area contributed by atoms with Gasteiger partial charge in [-0.2, -0.15) is 0 Å². The first kappa shape index (κ1) is 20.0. The first-order valence-electron chi connectivity index (χ1n) is 9.45. The average Bonchev–Trinajstić information content (AvgIpc) is 2.72. The third-order valence-electron chi connectivity index (χ3n) is 4.86. The van der Waals surface area contributed by atoms with Gasteiger partial charge in [0.1, 0.15) is 6.61 Å². The van der Waals surface area contributed by atoms with Crippen molar-refractivity contribution >= 4 is 11.8 Å². The second-order valence-electron chi connectivity index (χ2n) is 7.18. The van der Waals surface area contributed by atoms with E-state index in [0.29, 0.717) is 6.54 Å². The number of hydrogen-bond donors (Lipinski definition) is 2. The number of carbonyl (C=O) groups excluding carboxylic acids is 2. The van der Waals surface area contributed by atoms with Gasteiger partial charge in [0, 0.05) is 12.6 Å². The summed E-state index contributed by atoms with van der Waals surface area (Å²) in [5.41, 5.74) is 2.55. The van der Waals surface area contributed by atoms with Gasteiger partial charge in [0.15, 0.2) is 6.10 Å². The molecular weight excluding hydrogens is 356 g/mol. The summed E-state index contributed by atoms with van der Waals surface area (Å²) in [6.07, 6.45) is -0.788. The first-order chi connectivity index (χ1) is 13.5. The fourth-order valence-corrected chi connectivity index (χ4v) is 3.57. The van der Waals surface area contributed by atoms with Crippen LogP contribution in [0.1, 0.15) is 36.6 Å². The molecule has 6 nitrogen and oxygen atoms in total. The van der Waals surface area contributed by atoms with Crippen molar-refractivity contribution in [3.63, 3.8) is 0 Å². The minimum absolute atomic E-state index is 0.0466. The highest BCUT2D eigenvalue weighted by atomic mass is 16.5. The molecule has 1 aliphatic rings. The second kappa shape index (κ2) is 8.99. The van der Waals surface area contributed by atoms with Crippen molar-refractivity contribution in [2.45, 2.75) is 45.2 Å². The molecule has 1 fully saturated rings. The van der Waals surface area contributed by atoms with Gasteiger partial charge in [-0.1, -0.05) is 54.6 Å². The van der Waals surface area contributed by atoms with Crippen molar-refractivity contribution < 1.29 is 19.4 Å². The van der Waals surface area contributed by atoms with E-state index in [1.54, 1.807) is 4.90 Å². The number of nitrogens with one attached hydrogen (secondary N) is 1. The smallest absolute Gasteiger partial charge is 0.251 e. The molecule has 2 aromatic carbocycles. The van der Waals surface area contributed by atoms with Crippen LogP contribution in [-0.4, -0.2) is 40.6 Å². The van der Waals surface area contributed by atoms with Crippen LogP contribution in [0.15, 0.2) is 54.6 Å². The lowest BCUT2D eigenvalue weighted by molar-refractivity contribution is -0.167. The number of carbonyl (C=O) groups is 2. The van der Waals surface area contributed by atoms with Gasteiger partial charge in [-0.3, -0.25) is 9.59 Å². The van der Waals surface area contributed by atoms with Crippen molar-refractivity contribution in [3.05, 3.63) is 71.3 Å². The zero-order chi connectivity index (χ0) is 20.1. The summed E-state index contributed by atoms with van der Waals surface area (Å²) in [6, 6.07) is 16.4. The average molecular weight is 382 g/mol. The van der Waals surface area contributed by atoms with Gasteiger partial charge < -0.3 is 20.1 Å². The largest absolute Gasteiger partial charge is 0.392 e. The first-order valence-corrected chi connectivity index (χ1v) is 9.45. The maximum Gasteiger partial charge on any atom is 0.251 e. The van der Waals surface area contributed by atoms with E-state index >= 15 is 0 Å². The molecule has 148 valence electrons. The minimum atomic E-state index is -0.788. The quantitative estimate of drug-likeness (QED) is 0.803. The van der Waals surface area contributed by atoms with Gasteiger partial charge in [0.25, 0.3) is 5.91 Å². The van der Waals surface area contributed by atoms with E-state index < -0.39 is 12.1 Å². The van der Waals surface area contributed by atoms with Gasteiger partial charge in [0.2, 0.25) is 5.91 Å². The lowest BCUT2D eigenvalue weighted by atomic mass is 9.95. The molecule has 1 aliphatic heterocycles. The second-order valence-corrected chi connectivity index (χ2v) is 7.18. The van der Waals surface area contributed by atoms with Crippen LogP contribution in [-0.2, 0) is 27.5 Å². The van der Waals surface area contributed by atoms with Crippen LogP contribution in [0, 0.1) is 0 Å². The number of aliphatic hydroxyl groups is 1. The number of ether oxygens (including phenoxy) is 1. The predicted octanol–water partition coefficient (Wildman–Crippen LogP) is 2.17. The topological polar surface area (TPSA) is 78.9 Å². The van der Waals surface area contributed by atoms with E-state index in [9.17, 15) is 14.7 Å². The Hall–Kier alpha value is -2.70. The molecule has 2 N–H and O–H groups in total. The zero-order valence-electron chi connectivity index (χ0n) is 16.2. The van der Waals surface area contributed by atoms with Crippen molar-refractivity contribution in [2.75, 3.05) is 6.61 Å². The summed E-state index contributed by atoms with van der Waals surface area (Å²) in [5.74, 6) is -0.384. The molecule has 0 aliphatic carbocycles. The molecule has 0 radical (unpaired) electrons. The van der Waals surface area contributed by atoms with Crippen LogP contribution < -0.4 is 5.32 Å². The number of morpholine rings is 1. The van der Waals surface area contributed by atoms with Gasteiger partial charge in [-0.15, -0.1) is 0 Å². The number of rotatable bonds is 6. The minimum Gasteiger partial charge on any atom is -0.392 e. The monoisotopic (exact) mass is 382 g/mol. The van der Waals surface area contributed by atoms with Gasteiger partial charge in [-0.25, -0.2) is 0 Å². The van der Waals surface area contributed by atoms with Crippen molar-refractivity contribution in [2.24, 2.45) is 0 Å². The lowest BCUT2D eigenvalue weighted by Gasteiger charge is -2.42. The fraction of sp³-hybridized carbons (Fsp3) is 0.364. The predicted molar refractivity (Wildman–Crippen MR) is 105 cm³/mol. The Balaban J connectivity index is 1.81. The molecule has 2 atom stereocenters. The molecule has 2 amide bonds. The summed E-state index contributed by atoms with van der Waals surface area (Å²) in [4.78, 5) is 27.2. The summed E-state index contributed by atoms with van der Waals surface area (Å²) in [6.45, 7) is 4.04. The molecule has 1 saturated heterocycles. The molecule has 28 heavy (non-hydrogen) atoms. The highest BCUT2D eigenvalue weighted by Gasteiger charge is 2.42. The van der Waals surface area contributed by atoms with Crippen molar-refractivity contribution in [3.8, 4) is 0 Å². The Morgan fingerprint density at radius 3 is 2.57 bits per heavy atom. The maximum atomic E-state index is 13.0. The van der Waals surface area contributed by atoms with E-state index in [4.69, 9.17) is 4.74 Å². The van der Waals surface area contributed by atoms with E-state index in [1.807, 2.05) is 68.4 Å². The summed E-state index contributed by atoms with van der Waals surface area (Å²) < 4.78 is 5.69. The molecule has 1 heterocycles. The Morgan fingerprint density at radius 1 is 1.18 bits per heavy atom. The molecule has 0 unspecified atom stereocenters. The molecule has 0 spiro atoms. The number of hydrogen-bond acceptors (Lipinski definition) is 4. The van der Waals surface area contributed by atoms with E-state index in [0.717, 1.165) is 16.7 Å². The Labute approximate surface area is 165 Å². The highest BCUT2D eigenvalue weighted by Crippen LogP contribution is 2.32. The van der Waals surface area contributed by atoms with Gasteiger partial charge in [-0.05, 0) is 30.5 Å².